The van der Waals surface area contributed by atoms with Gasteiger partial charge in [0.05, 0.1) is 6.04 Å². The molecule has 3 rings (SSSR count). The Morgan fingerprint density at radius 3 is 2.67 bits per heavy atom. The van der Waals surface area contributed by atoms with Crippen molar-refractivity contribution in [3.8, 4) is 0 Å². The summed E-state index contributed by atoms with van der Waals surface area (Å²) in [5.74, 6) is 0.630. The lowest BCUT2D eigenvalue weighted by Gasteiger charge is -2.25. The van der Waals surface area contributed by atoms with Crippen LogP contribution in [0.1, 0.15) is 35.0 Å². The van der Waals surface area contributed by atoms with E-state index in [1.54, 1.807) is 4.52 Å². The van der Waals surface area contributed by atoms with Crippen LogP contribution in [-0.2, 0) is 11.2 Å². The number of hydrogen-bond acceptors (Lipinski definition) is 5. The minimum Gasteiger partial charge on any atom is -0.354 e. The quantitative estimate of drug-likeness (QED) is 0.693. The van der Waals surface area contributed by atoms with Gasteiger partial charge in [-0.25, -0.2) is 9.50 Å². The Morgan fingerprint density at radius 2 is 1.96 bits per heavy atom. The first-order chi connectivity index (χ1) is 13.0. The molecule has 142 valence electrons. The molecule has 0 aliphatic carbocycles. The van der Waals surface area contributed by atoms with Crippen LogP contribution < -0.4 is 5.32 Å². The van der Waals surface area contributed by atoms with Crippen LogP contribution in [0.2, 0.25) is 0 Å². The molecule has 1 N–H and O–H groups in total. The van der Waals surface area contributed by atoms with Gasteiger partial charge < -0.3 is 10.2 Å². The van der Waals surface area contributed by atoms with Crippen molar-refractivity contribution < 1.29 is 4.79 Å². The number of likely N-dealkylation sites (N-methyl/N-ethyl adjacent to an activating group) is 1. The lowest BCUT2D eigenvalue weighted by molar-refractivity contribution is -0.121. The van der Waals surface area contributed by atoms with Gasteiger partial charge in [-0.2, -0.15) is 10.1 Å². The highest BCUT2D eigenvalue weighted by molar-refractivity contribution is 5.76. The third kappa shape index (κ3) is 4.31. The van der Waals surface area contributed by atoms with Gasteiger partial charge in [0.25, 0.3) is 5.78 Å². The number of aryl methyl sites for hydroxylation is 2. The molecule has 7 heteroatoms. The molecule has 0 spiro atoms. The molecule has 0 aliphatic rings. The van der Waals surface area contributed by atoms with Crippen LogP contribution in [0.25, 0.3) is 5.78 Å². The number of hydrogen-bond donors (Lipinski definition) is 1. The van der Waals surface area contributed by atoms with Gasteiger partial charge in [0, 0.05) is 24.4 Å². The molecule has 7 nitrogen and oxygen atoms in total. The minimum absolute atomic E-state index is 0.0373. The molecule has 1 aromatic carbocycles. The fraction of sp³-hybridized carbons (Fsp3) is 0.400. The Hall–Kier alpha value is -2.80. The maximum absolute atomic E-state index is 12.4. The average molecular weight is 366 g/mol. The maximum Gasteiger partial charge on any atom is 0.252 e. The molecule has 0 bridgehead atoms. The van der Waals surface area contributed by atoms with E-state index < -0.39 is 0 Å². The van der Waals surface area contributed by atoms with Crippen LogP contribution >= 0.6 is 0 Å². The normalized spacial score (nSPS) is 12.5. The van der Waals surface area contributed by atoms with E-state index in [2.05, 4.69) is 37.4 Å². The second kappa shape index (κ2) is 8.26. The highest BCUT2D eigenvalue weighted by Gasteiger charge is 2.16. The number of benzene rings is 1. The molecule has 2 aromatic heterocycles. The smallest absolute Gasteiger partial charge is 0.252 e. The van der Waals surface area contributed by atoms with E-state index in [0.717, 1.165) is 17.0 Å². The molecule has 0 fully saturated rings. The summed E-state index contributed by atoms with van der Waals surface area (Å²) in [5, 5.41) is 7.26. The molecule has 27 heavy (non-hydrogen) atoms. The topological polar surface area (TPSA) is 75.4 Å². The minimum atomic E-state index is 0.0373. The van der Waals surface area contributed by atoms with Crippen molar-refractivity contribution in [3.63, 3.8) is 0 Å². The monoisotopic (exact) mass is 366 g/mol. The predicted octanol–water partition coefficient (Wildman–Crippen LogP) is 2.09. The van der Waals surface area contributed by atoms with Gasteiger partial charge in [-0.3, -0.25) is 4.79 Å². The molecule has 0 radical (unpaired) electrons. The van der Waals surface area contributed by atoms with Gasteiger partial charge in [-0.1, -0.05) is 30.3 Å². The Labute approximate surface area is 159 Å². The SMILES string of the molecule is Cc1nc2ncnn2c(C)c1CCC(=O)NCC(c1ccccc1)N(C)C. The Kier molecular flexibility index (Phi) is 5.81. The zero-order chi connectivity index (χ0) is 19.4. The van der Waals surface area contributed by atoms with E-state index in [4.69, 9.17) is 0 Å². The van der Waals surface area contributed by atoms with Crippen molar-refractivity contribution in [2.75, 3.05) is 20.6 Å². The van der Waals surface area contributed by atoms with Crippen molar-refractivity contribution >= 4 is 11.7 Å². The standard InChI is InChI=1S/C20H26N6O/c1-14-17(15(2)26-20(24-14)22-13-23-26)10-11-19(27)21-12-18(25(3)4)16-8-6-5-7-9-16/h5-9,13,18H,10-12H2,1-4H3,(H,21,27). The summed E-state index contributed by atoms with van der Waals surface area (Å²) in [6.07, 6.45) is 2.54. The van der Waals surface area contributed by atoms with E-state index in [1.807, 2.05) is 46.1 Å². The molecular formula is C20H26N6O. The number of nitrogens with one attached hydrogen (secondary N) is 1. The van der Waals surface area contributed by atoms with Gasteiger partial charge in [0.1, 0.15) is 6.33 Å². The fourth-order valence-electron chi connectivity index (χ4n) is 3.33. The molecule has 0 saturated heterocycles. The van der Waals surface area contributed by atoms with Crippen molar-refractivity contribution in [2.24, 2.45) is 0 Å². The number of nitrogens with zero attached hydrogens (tertiary/aromatic N) is 5. The first-order valence-corrected chi connectivity index (χ1v) is 9.11. The molecule has 1 amide bonds. The van der Waals surface area contributed by atoms with Gasteiger partial charge in [-0.15, -0.1) is 0 Å². The Morgan fingerprint density at radius 1 is 1.22 bits per heavy atom. The summed E-state index contributed by atoms with van der Waals surface area (Å²) in [7, 11) is 4.05. The Balaban J connectivity index is 1.61. The molecule has 0 aliphatic heterocycles. The second-order valence-corrected chi connectivity index (χ2v) is 6.93. The van der Waals surface area contributed by atoms with E-state index in [1.165, 1.54) is 11.9 Å². The highest BCUT2D eigenvalue weighted by atomic mass is 16.1. The molecule has 1 atom stereocenters. The van der Waals surface area contributed by atoms with Gasteiger partial charge in [0.2, 0.25) is 5.91 Å². The van der Waals surface area contributed by atoms with E-state index in [9.17, 15) is 4.79 Å². The fourth-order valence-corrected chi connectivity index (χ4v) is 3.33. The van der Waals surface area contributed by atoms with Gasteiger partial charge in [-0.05, 0) is 45.5 Å². The summed E-state index contributed by atoms with van der Waals surface area (Å²) in [6.45, 7) is 4.52. The summed E-state index contributed by atoms with van der Waals surface area (Å²) in [4.78, 5) is 23.1. The molecule has 0 saturated carbocycles. The van der Waals surface area contributed by atoms with Crippen LogP contribution in [0, 0.1) is 13.8 Å². The third-order valence-electron chi connectivity index (χ3n) is 4.89. The molecule has 3 aromatic rings. The lowest BCUT2D eigenvalue weighted by atomic mass is 10.0. The Bertz CT molecular complexity index is 919. The van der Waals surface area contributed by atoms with Crippen molar-refractivity contribution in [2.45, 2.75) is 32.7 Å². The number of carbonyl (C=O) groups excluding carboxylic acids is 1. The number of carbonyl (C=O) groups is 1. The molecule has 1 unspecified atom stereocenters. The van der Waals surface area contributed by atoms with E-state index >= 15 is 0 Å². The summed E-state index contributed by atoms with van der Waals surface area (Å²) >= 11 is 0. The van der Waals surface area contributed by atoms with Crippen LogP contribution in [0.4, 0.5) is 0 Å². The zero-order valence-electron chi connectivity index (χ0n) is 16.3. The second-order valence-electron chi connectivity index (χ2n) is 6.93. The van der Waals surface area contributed by atoms with Crippen LogP contribution in [0.15, 0.2) is 36.7 Å². The van der Waals surface area contributed by atoms with Crippen molar-refractivity contribution in [3.05, 3.63) is 59.2 Å². The van der Waals surface area contributed by atoms with Crippen LogP contribution in [-0.4, -0.2) is 51.0 Å². The predicted molar refractivity (Wildman–Crippen MR) is 104 cm³/mol. The molecule has 2 heterocycles. The number of aromatic nitrogens is 4. The largest absolute Gasteiger partial charge is 0.354 e. The first-order valence-electron chi connectivity index (χ1n) is 9.11. The maximum atomic E-state index is 12.4. The third-order valence-corrected chi connectivity index (χ3v) is 4.89. The van der Waals surface area contributed by atoms with E-state index in [-0.39, 0.29) is 11.9 Å². The van der Waals surface area contributed by atoms with Crippen LogP contribution in [0.5, 0.6) is 0 Å². The highest BCUT2D eigenvalue weighted by Crippen LogP contribution is 2.17. The number of amides is 1. The van der Waals surface area contributed by atoms with Gasteiger partial charge >= 0.3 is 0 Å². The summed E-state index contributed by atoms with van der Waals surface area (Å²) < 4.78 is 1.72. The van der Waals surface area contributed by atoms with E-state index in [0.29, 0.717) is 25.2 Å². The summed E-state index contributed by atoms with van der Waals surface area (Å²) in [5.41, 5.74) is 4.13. The summed E-state index contributed by atoms with van der Waals surface area (Å²) in [6, 6.07) is 10.4. The zero-order valence-corrected chi connectivity index (χ0v) is 16.3. The average Bonchev–Trinajstić information content (AvgIpc) is 3.11. The lowest BCUT2D eigenvalue weighted by Crippen LogP contribution is -2.34. The number of fused-ring (bicyclic) bond motifs is 1. The number of rotatable bonds is 7. The molecular weight excluding hydrogens is 340 g/mol. The van der Waals surface area contributed by atoms with Crippen molar-refractivity contribution in [1.82, 2.24) is 29.8 Å². The van der Waals surface area contributed by atoms with Gasteiger partial charge in [0.15, 0.2) is 0 Å². The van der Waals surface area contributed by atoms with Crippen molar-refractivity contribution in [1.29, 1.82) is 0 Å². The first kappa shape index (κ1) is 19.0. The van der Waals surface area contributed by atoms with Crippen LogP contribution in [0.3, 0.4) is 0 Å².